The van der Waals surface area contributed by atoms with Gasteiger partial charge in [0.1, 0.15) is 6.04 Å². The van der Waals surface area contributed by atoms with Crippen LogP contribution in [-0.4, -0.2) is 28.1 Å². The fourth-order valence-corrected chi connectivity index (χ4v) is 4.12. The number of carbonyl (C=O) groups is 2. The van der Waals surface area contributed by atoms with Gasteiger partial charge in [-0.15, -0.1) is 0 Å². The molecule has 158 valence electrons. The summed E-state index contributed by atoms with van der Waals surface area (Å²) in [6.07, 6.45) is 1.92. The summed E-state index contributed by atoms with van der Waals surface area (Å²) in [7, 11) is 0. The van der Waals surface area contributed by atoms with Crippen molar-refractivity contribution in [3.05, 3.63) is 83.9 Å². The summed E-state index contributed by atoms with van der Waals surface area (Å²) >= 11 is 0. The molecular weight excluding hydrogens is 388 g/mol. The van der Waals surface area contributed by atoms with Crippen molar-refractivity contribution < 1.29 is 14.7 Å². The molecule has 1 amide bonds. The molecule has 4 aromatic rings. The quantitative estimate of drug-likeness (QED) is 0.383. The maximum absolute atomic E-state index is 12.2. The number of nitrogens with one attached hydrogen (secondary N) is 1. The number of rotatable bonds is 8. The number of unbranched alkanes of at least 4 members (excludes halogenated alkanes) is 1. The molecule has 1 aromatic heterocycles. The van der Waals surface area contributed by atoms with Crippen molar-refractivity contribution >= 4 is 33.7 Å². The number of aromatic nitrogens is 1. The average molecular weight is 415 g/mol. The van der Waals surface area contributed by atoms with E-state index in [0.29, 0.717) is 24.9 Å². The Morgan fingerprint density at radius 1 is 0.871 bits per heavy atom. The molecular formula is C26H26N2O3. The number of nitrogens with zero attached hydrogens (tertiary/aromatic N) is 1. The lowest BCUT2D eigenvalue weighted by Crippen LogP contribution is -2.25. The molecule has 5 nitrogen and oxygen atoms in total. The van der Waals surface area contributed by atoms with E-state index >= 15 is 0 Å². The molecule has 31 heavy (non-hydrogen) atoms. The van der Waals surface area contributed by atoms with Crippen LogP contribution in [0.4, 0.5) is 0 Å². The normalized spacial score (nSPS) is 12.2. The molecule has 0 bridgehead atoms. The van der Waals surface area contributed by atoms with E-state index in [2.05, 4.69) is 5.32 Å². The third-order valence-corrected chi connectivity index (χ3v) is 5.72. The zero-order valence-corrected chi connectivity index (χ0v) is 17.5. The lowest BCUT2D eigenvalue weighted by molar-refractivity contribution is -0.140. The van der Waals surface area contributed by atoms with E-state index < -0.39 is 12.0 Å². The maximum atomic E-state index is 12.2. The summed E-state index contributed by atoms with van der Waals surface area (Å²) in [4.78, 5) is 24.4. The van der Waals surface area contributed by atoms with Gasteiger partial charge in [-0.25, -0.2) is 4.79 Å². The number of para-hydroxylation sites is 2. The van der Waals surface area contributed by atoms with E-state index in [0.717, 1.165) is 33.8 Å². The third-order valence-electron chi connectivity index (χ3n) is 5.72. The first-order valence-corrected chi connectivity index (χ1v) is 10.6. The summed E-state index contributed by atoms with van der Waals surface area (Å²) < 4.78 is 1.94. The van der Waals surface area contributed by atoms with Crippen molar-refractivity contribution in [2.75, 3.05) is 6.54 Å². The number of benzene rings is 3. The Morgan fingerprint density at radius 3 is 2.03 bits per heavy atom. The van der Waals surface area contributed by atoms with Gasteiger partial charge in [0.05, 0.1) is 0 Å². The van der Waals surface area contributed by atoms with Gasteiger partial charge in [0.2, 0.25) is 0 Å². The molecule has 0 saturated carbocycles. The Morgan fingerprint density at radius 2 is 1.45 bits per heavy atom. The van der Waals surface area contributed by atoms with E-state index in [9.17, 15) is 14.7 Å². The van der Waals surface area contributed by atoms with Gasteiger partial charge in [-0.2, -0.15) is 0 Å². The van der Waals surface area contributed by atoms with Crippen molar-refractivity contribution in [2.45, 2.75) is 32.2 Å². The summed E-state index contributed by atoms with van der Waals surface area (Å²) in [5.74, 6) is -0.938. The molecule has 0 aliphatic rings. The molecule has 2 N–H and O–H groups in total. The van der Waals surface area contributed by atoms with Crippen molar-refractivity contribution in [1.82, 2.24) is 9.88 Å². The van der Waals surface area contributed by atoms with Crippen LogP contribution in [0.15, 0.2) is 72.8 Å². The van der Waals surface area contributed by atoms with Crippen LogP contribution in [0.25, 0.3) is 21.8 Å². The molecule has 0 aliphatic carbocycles. The van der Waals surface area contributed by atoms with Crippen LogP contribution in [0.2, 0.25) is 0 Å². The number of carboxylic acids is 1. The number of amides is 1. The lowest BCUT2D eigenvalue weighted by atomic mass is 10.1. The fourth-order valence-electron chi connectivity index (χ4n) is 4.12. The van der Waals surface area contributed by atoms with Crippen LogP contribution >= 0.6 is 0 Å². The smallest absolute Gasteiger partial charge is 0.326 e. The molecule has 1 heterocycles. The van der Waals surface area contributed by atoms with Crippen LogP contribution in [0.3, 0.4) is 0 Å². The minimum Gasteiger partial charge on any atom is -0.480 e. The molecule has 0 aliphatic heterocycles. The SMILES string of the molecule is Cc1ccc(C(=O)NCCCC[C@@H](C(=O)O)n2c3ccccc3c3ccccc32)cc1. The van der Waals surface area contributed by atoms with Crippen molar-refractivity contribution in [1.29, 1.82) is 0 Å². The van der Waals surface area contributed by atoms with Crippen LogP contribution in [0.5, 0.6) is 0 Å². The molecule has 1 atom stereocenters. The number of aliphatic carboxylic acids is 1. The molecule has 0 radical (unpaired) electrons. The zero-order valence-electron chi connectivity index (χ0n) is 17.5. The predicted octanol–water partition coefficient (Wildman–Crippen LogP) is 5.33. The topological polar surface area (TPSA) is 71.3 Å². The van der Waals surface area contributed by atoms with Gasteiger partial charge in [-0.3, -0.25) is 4.79 Å². The van der Waals surface area contributed by atoms with Gasteiger partial charge < -0.3 is 15.0 Å². The number of aryl methyl sites for hydroxylation is 1. The van der Waals surface area contributed by atoms with Crippen LogP contribution in [-0.2, 0) is 4.79 Å². The van der Waals surface area contributed by atoms with Crippen LogP contribution in [0.1, 0.15) is 41.2 Å². The third kappa shape index (κ3) is 4.31. The van der Waals surface area contributed by atoms with Crippen molar-refractivity contribution in [3.63, 3.8) is 0 Å². The Bertz CT molecular complexity index is 1170. The summed E-state index contributed by atoms with van der Waals surface area (Å²) in [6.45, 7) is 2.50. The zero-order chi connectivity index (χ0) is 21.8. The first kappa shape index (κ1) is 20.7. The highest BCUT2D eigenvalue weighted by Gasteiger charge is 2.23. The number of hydrogen-bond donors (Lipinski definition) is 2. The standard InChI is InChI=1S/C26H26N2O3/c1-18-13-15-19(16-14-18)25(29)27-17-7-6-12-24(26(30)31)28-22-10-4-2-8-20(22)21-9-3-5-11-23(21)28/h2-5,8-11,13-16,24H,6-7,12,17H2,1H3,(H,27,29)(H,30,31)/t24-/m0/s1. The number of carbonyl (C=O) groups excluding carboxylic acids is 1. The lowest BCUT2D eigenvalue weighted by Gasteiger charge is -2.17. The molecule has 0 saturated heterocycles. The molecule has 0 spiro atoms. The number of hydrogen-bond acceptors (Lipinski definition) is 2. The Kier molecular flexibility index (Phi) is 6.03. The predicted molar refractivity (Wildman–Crippen MR) is 123 cm³/mol. The second-order valence-corrected chi connectivity index (χ2v) is 7.88. The van der Waals surface area contributed by atoms with Crippen molar-refractivity contribution in [2.24, 2.45) is 0 Å². The van der Waals surface area contributed by atoms with E-state index in [4.69, 9.17) is 0 Å². The number of carboxylic acid groups (broad SMARTS) is 1. The summed E-state index contributed by atoms with van der Waals surface area (Å²) in [5.41, 5.74) is 3.62. The average Bonchev–Trinajstić information content (AvgIpc) is 3.11. The Labute approximate surface area is 181 Å². The van der Waals surface area contributed by atoms with Gasteiger partial charge >= 0.3 is 5.97 Å². The second-order valence-electron chi connectivity index (χ2n) is 7.88. The highest BCUT2D eigenvalue weighted by molar-refractivity contribution is 6.08. The molecule has 4 rings (SSSR count). The van der Waals surface area contributed by atoms with Gasteiger partial charge in [0, 0.05) is 33.9 Å². The van der Waals surface area contributed by atoms with E-state index in [1.807, 2.05) is 84.3 Å². The van der Waals surface area contributed by atoms with E-state index in [-0.39, 0.29) is 5.91 Å². The minimum atomic E-state index is -0.838. The van der Waals surface area contributed by atoms with E-state index in [1.54, 1.807) is 0 Å². The largest absolute Gasteiger partial charge is 0.480 e. The van der Waals surface area contributed by atoms with Gasteiger partial charge in [0.15, 0.2) is 0 Å². The van der Waals surface area contributed by atoms with Crippen LogP contribution in [0, 0.1) is 6.92 Å². The molecule has 5 heteroatoms. The van der Waals surface area contributed by atoms with Gasteiger partial charge in [0.25, 0.3) is 5.91 Å². The first-order chi connectivity index (χ1) is 15.1. The van der Waals surface area contributed by atoms with Gasteiger partial charge in [-0.05, 0) is 50.5 Å². The first-order valence-electron chi connectivity index (χ1n) is 10.6. The van der Waals surface area contributed by atoms with E-state index in [1.165, 1.54) is 0 Å². The monoisotopic (exact) mass is 414 g/mol. The van der Waals surface area contributed by atoms with Gasteiger partial charge in [-0.1, -0.05) is 54.1 Å². The summed E-state index contributed by atoms with van der Waals surface area (Å²) in [5, 5.41) is 15.0. The molecule has 0 fully saturated rings. The molecule has 0 unspecified atom stereocenters. The second kappa shape index (κ2) is 9.04. The van der Waals surface area contributed by atoms with Crippen molar-refractivity contribution in [3.8, 4) is 0 Å². The Hall–Kier alpha value is -3.60. The highest BCUT2D eigenvalue weighted by Crippen LogP contribution is 2.33. The number of fused-ring (bicyclic) bond motifs is 3. The maximum Gasteiger partial charge on any atom is 0.326 e. The molecule has 3 aromatic carbocycles. The highest BCUT2D eigenvalue weighted by atomic mass is 16.4. The van der Waals surface area contributed by atoms with Crippen LogP contribution < -0.4 is 5.32 Å². The minimum absolute atomic E-state index is 0.0998. The fraction of sp³-hybridized carbons (Fsp3) is 0.231. The summed E-state index contributed by atoms with van der Waals surface area (Å²) in [6, 6.07) is 22.7. The Balaban J connectivity index is 1.44.